The Labute approximate surface area is 144 Å². The smallest absolute Gasteiger partial charge is 0.225 e. The number of carbonyl (C=O) groups is 2. The van der Waals surface area contributed by atoms with Gasteiger partial charge in [0.15, 0.2) is 0 Å². The van der Waals surface area contributed by atoms with Gasteiger partial charge in [-0.25, -0.2) is 0 Å². The van der Waals surface area contributed by atoms with Gasteiger partial charge in [-0.15, -0.1) is 0 Å². The molecule has 0 saturated carbocycles. The fourth-order valence-corrected chi connectivity index (χ4v) is 3.05. The molecule has 1 saturated heterocycles. The van der Waals surface area contributed by atoms with Crippen molar-refractivity contribution in [2.75, 3.05) is 20.1 Å². The van der Waals surface area contributed by atoms with Gasteiger partial charge in [0.2, 0.25) is 11.8 Å². The van der Waals surface area contributed by atoms with Crippen LogP contribution in [-0.2, 0) is 9.59 Å². The van der Waals surface area contributed by atoms with E-state index in [1.165, 1.54) is 0 Å². The SMILES string of the molecule is CC(C)N(C)C(=O)C1CCN(C(=O)CC(N)c2ccccc2)CC1. The fraction of sp³-hybridized carbons (Fsp3) is 0.579. The Morgan fingerprint density at radius 3 is 2.33 bits per heavy atom. The molecule has 1 aliphatic rings. The summed E-state index contributed by atoms with van der Waals surface area (Å²) in [4.78, 5) is 28.5. The summed E-state index contributed by atoms with van der Waals surface area (Å²) >= 11 is 0. The van der Waals surface area contributed by atoms with Crippen LogP contribution in [0.15, 0.2) is 30.3 Å². The lowest BCUT2D eigenvalue weighted by Gasteiger charge is -2.34. The van der Waals surface area contributed by atoms with E-state index < -0.39 is 0 Å². The molecule has 0 aliphatic carbocycles. The molecule has 0 radical (unpaired) electrons. The first-order valence-electron chi connectivity index (χ1n) is 8.75. The molecule has 132 valence electrons. The molecule has 5 heteroatoms. The number of amides is 2. The number of carbonyl (C=O) groups excluding carboxylic acids is 2. The predicted octanol–water partition coefficient (Wildman–Crippen LogP) is 2.18. The maximum absolute atomic E-state index is 12.5. The highest BCUT2D eigenvalue weighted by Crippen LogP contribution is 2.22. The van der Waals surface area contributed by atoms with Gasteiger partial charge in [-0.05, 0) is 32.3 Å². The molecular weight excluding hydrogens is 302 g/mol. The molecule has 1 atom stereocenters. The lowest BCUT2D eigenvalue weighted by molar-refractivity contribution is -0.141. The van der Waals surface area contributed by atoms with Gasteiger partial charge in [0.1, 0.15) is 0 Å². The van der Waals surface area contributed by atoms with Crippen molar-refractivity contribution in [2.45, 2.75) is 45.2 Å². The second kappa shape index (κ2) is 8.29. The van der Waals surface area contributed by atoms with Crippen molar-refractivity contribution < 1.29 is 9.59 Å². The summed E-state index contributed by atoms with van der Waals surface area (Å²) < 4.78 is 0. The summed E-state index contributed by atoms with van der Waals surface area (Å²) in [5.74, 6) is 0.303. The highest BCUT2D eigenvalue weighted by molar-refractivity contribution is 5.80. The lowest BCUT2D eigenvalue weighted by atomic mass is 9.94. The number of nitrogens with two attached hydrogens (primary N) is 1. The van der Waals surface area contributed by atoms with Crippen LogP contribution in [0.2, 0.25) is 0 Å². The van der Waals surface area contributed by atoms with E-state index in [4.69, 9.17) is 5.73 Å². The summed E-state index contributed by atoms with van der Waals surface area (Å²) in [5.41, 5.74) is 7.12. The Balaban J connectivity index is 1.83. The van der Waals surface area contributed by atoms with Crippen LogP contribution in [0.3, 0.4) is 0 Å². The van der Waals surface area contributed by atoms with Crippen LogP contribution in [0.5, 0.6) is 0 Å². The molecule has 1 heterocycles. The summed E-state index contributed by atoms with van der Waals surface area (Å²) in [6.07, 6.45) is 1.79. The van der Waals surface area contributed by atoms with Crippen LogP contribution < -0.4 is 5.73 Å². The van der Waals surface area contributed by atoms with Gasteiger partial charge in [0.25, 0.3) is 0 Å². The molecule has 2 rings (SSSR count). The molecular formula is C19H29N3O2. The second-order valence-electron chi connectivity index (χ2n) is 6.92. The molecule has 1 aromatic carbocycles. The number of hydrogen-bond acceptors (Lipinski definition) is 3. The third kappa shape index (κ3) is 4.57. The Morgan fingerprint density at radius 1 is 1.21 bits per heavy atom. The monoisotopic (exact) mass is 331 g/mol. The molecule has 1 unspecified atom stereocenters. The number of piperidine rings is 1. The predicted molar refractivity (Wildman–Crippen MR) is 95.2 cm³/mol. The molecule has 1 aromatic rings. The first-order chi connectivity index (χ1) is 11.4. The molecule has 0 bridgehead atoms. The third-order valence-corrected chi connectivity index (χ3v) is 4.94. The zero-order valence-corrected chi connectivity index (χ0v) is 14.9. The van der Waals surface area contributed by atoms with E-state index in [2.05, 4.69) is 0 Å². The van der Waals surface area contributed by atoms with Crippen LogP contribution in [0, 0.1) is 5.92 Å². The fourth-order valence-electron chi connectivity index (χ4n) is 3.05. The van der Waals surface area contributed by atoms with Gasteiger partial charge >= 0.3 is 0 Å². The van der Waals surface area contributed by atoms with E-state index in [9.17, 15) is 9.59 Å². The third-order valence-electron chi connectivity index (χ3n) is 4.94. The summed E-state index contributed by atoms with van der Waals surface area (Å²) in [5, 5.41) is 0. The van der Waals surface area contributed by atoms with Crippen LogP contribution in [-0.4, -0.2) is 47.8 Å². The van der Waals surface area contributed by atoms with Crippen molar-refractivity contribution in [1.29, 1.82) is 0 Å². The van der Waals surface area contributed by atoms with Crippen molar-refractivity contribution in [3.8, 4) is 0 Å². The molecule has 0 aromatic heterocycles. The molecule has 5 nitrogen and oxygen atoms in total. The quantitative estimate of drug-likeness (QED) is 0.899. The first kappa shape index (κ1) is 18.5. The lowest BCUT2D eigenvalue weighted by Crippen LogP contribution is -2.45. The van der Waals surface area contributed by atoms with Gasteiger partial charge in [0, 0.05) is 44.6 Å². The number of likely N-dealkylation sites (tertiary alicyclic amines) is 1. The summed E-state index contributed by atoms with van der Waals surface area (Å²) in [6, 6.07) is 9.64. The van der Waals surface area contributed by atoms with Crippen molar-refractivity contribution in [3.05, 3.63) is 35.9 Å². The Bertz CT molecular complexity index is 551. The van der Waals surface area contributed by atoms with E-state index in [0.717, 1.165) is 18.4 Å². The van der Waals surface area contributed by atoms with E-state index >= 15 is 0 Å². The number of nitrogens with zero attached hydrogens (tertiary/aromatic N) is 2. The van der Waals surface area contributed by atoms with Crippen molar-refractivity contribution in [2.24, 2.45) is 11.7 Å². The van der Waals surface area contributed by atoms with E-state index in [0.29, 0.717) is 19.5 Å². The van der Waals surface area contributed by atoms with Gasteiger partial charge in [0.05, 0.1) is 0 Å². The van der Waals surface area contributed by atoms with Gasteiger partial charge in [-0.3, -0.25) is 9.59 Å². The molecule has 0 spiro atoms. The minimum atomic E-state index is -0.273. The van der Waals surface area contributed by atoms with Crippen molar-refractivity contribution in [3.63, 3.8) is 0 Å². The zero-order chi connectivity index (χ0) is 17.7. The van der Waals surface area contributed by atoms with Crippen molar-refractivity contribution >= 4 is 11.8 Å². The normalized spacial score (nSPS) is 17.0. The second-order valence-corrected chi connectivity index (χ2v) is 6.92. The highest BCUT2D eigenvalue weighted by Gasteiger charge is 2.30. The largest absolute Gasteiger partial charge is 0.343 e. The topological polar surface area (TPSA) is 66.6 Å². The molecule has 2 amide bonds. The summed E-state index contributed by atoms with van der Waals surface area (Å²) in [7, 11) is 1.85. The average molecular weight is 331 g/mol. The standard InChI is InChI=1S/C19H29N3O2/c1-14(2)21(3)19(24)16-9-11-22(12-10-16)18(23)13-17(20)15-7-5-4-6-8-15/h4-8,14,16-17H,9-13,20H2,1-3H3. The Morgan fingerprint density at radius 2 is 1.79 bits per heavy atom. The number of rotatable bonds is 5. The average Bonchev–Trinajstić information content (AvgIpc) is 2.61. The van der Waals surface area contributed by atoms with E-state index in [1.54, 1.807) is 4.90 Å². The Kier molecular flexibility index (Phi) is 6.37. The van der Waals surface area contributed by atoms with Crippen LogP contribution >= 0.6 is 0 Å². The van der Waals surface area contributed by atoms with Crippen LogP contribution in [0.4, 0.5) is 0 Å². The van der Waals surface area contributed by atoms with Crippen LogP contribution in [0.25, 0.3) is 0 Å². The molecule has 1 aliphatic heterocycles. The number of hydrogen-bond donors (Lipinski definition) is 1. The highest BCUT2D eigenvalue weighted by atomic mass is 16.2. The van der Waals surface area contributed by atoms with E-state index in [-0.39, 0.29) is 29.8 Å². The maximum Gasteiger partial charge on any atom is 0.225 e. The van der Waals surface area contributed by atoms with Gasteiger partial charge < -0.3 is 15.5 Å². The zero-order valence-electron chi connectivity index (χ0n) is 14.9. The molecule has 24 heavy (non-hydrogen) atoms. The van der Waals surface area contributed by atoms with E-state index in [1.807, 2.05) is 56.1 Å². The van der Waals surface area contributed by atoms with Gasteiger partial charge in [-0.1, -0.05) is 30.3 Å². The number of benzene rings is 1. The minimum absolute atomic E-state index is 0.0317. The van der Waals surface area contributed by atoms with Crippen LogP contribution in [0.1, 0.15) is 44.7 Å². The maximum atomic E-state index is 12.5. The molecule has 2 N–H and O–H groups in total. The Hall–Kier alpha value is -1.88. The first-order valence-corrected chi connectivity index (χ1v) is 8.75. The minimum Gasteiger partial charge on any atom is -0.343 e. The molecule has 1 fully saturated rings. The van der Waals surface area contributed by atoms with Crippen molar-refractivity contribution in [1.82, 2.24) is 9.80 Å². The summed E-state index contributed by atoms with van der Waals surface area (Å²) in [6.45, 7) is 5.31. The van der Waals surface area contributed by atoms with Gasteiger partial charge in [-0.2, -0.15) is 0 Å².